The van der Waals surface area contributed by atoms with Crippen LogP contribution in [0, 0.1) is 0 Å². The van der Waals surface area contributed by atoms with Gasteiger partial charge in [-0.05, 0) is 109 Å². The Morgan fingerprint density at radius 3 is 1.09 bits per heavy atom. The molecular formula is C60H99NO3. The molecule has 0 spiro atoms. The van der Waals surface area contributed by atoms with E-state index in [2.05, 4.69) is 141 Å². The first kappa shape index (κ1) is 60.5. The number of nitrogens with one attached hydrogen (secondary N) is 1. The van der Waals surface area contributed by atoms with Crippen molar-refractivity contribution in [3.05, 3.63) is 134 Å². The molecule has 0 heterocycles. The van der Waals surface area contributed by atoms with Gasteiger partial charge in [0, 0.05) is 6.42 Å². The second-order valence-electron chi connectivity index (χ2n) is 17.2. The second-order valence-corrected chi connectivity index (χ2v) is 17.2. The van der Waals surface area contributed by atoms with Gasteiger partial charge < -0.3 is 15.5 Å². The quantitative estimate of drug-likeness (QED) is 0.0421. The third kappa shape index (κ3) is 49.5. The zero-order chi connectivity index (χ0) is 46.3. The SMILES string of the molecule is CC/C=C\C/C=C\C/C=C\C/C=C\C/C=C\C/C=C\C/C=C\C/C=C\CCCCCCC(=O)NC(CO)C(O)/C=C/CC/C=C/CC/C=C/CCCCCCCCCCCCCCC. The van der Waals surface area contributed by atoms with Gasteiger partial charge in [-0.15, -0.1) is 0 Å². The van der Waals surface area contributed by atoms with Gasteiger partial charge >= 0.3 is 0 Å². The third-order valence-electron chi connectivity index (χ3n) is 11.1. The van der Waals surface area contributed by atoms with Crippen molar-refractivity contribution in [1.82, 2.24) is 5.32 Å². The summed E-state index contributed by atoms with van der Waals surface area (Å²) < 4.78 is 0. The van der Waals surface area contributed by atoms with E-state index in [9.17, 15) is 15.0 Å². The van der Waals surface area contributed by atoms with Crippen LogP contribution in [0.2, 0.25) is 0 Å². The van der Waals surface area contributed by atoms with Crippen molar-refractivity contribution in [2.45, 2.75) is 231 Å². The number of hydrogen-bond donors (Lipinski definition) is 3. The first-order valence-electron chi connectivity index (χ1n) is 26.4. The zero-order valence-electron chi connectivity index (χ0n) is 41.5. The number of unbranched alkanes of at least 4 members (excludes halogenated alkanes) is 19. The smallest absolute Gasteiger partial charge is 0.220 e. The topological polar surface area (TPSA) is 69.6 Å². The lowest BCUT2D eigenvalue weighted by Gasteiger charge is -2.19. The average Bonchev–Trinajstić information content (AvgIpc) is 3.30. The Balaban J connectivity index is 3.74. The predicted octanol–water partition coefficient (Wildman–Crippen LogP) is 17.5. The number of carbonyl (C=O) groups is 1. The molecule has 0 aliphatic rings. The van der Waals surface area contributed by atoms with Crippen LogP contribution in [-0.4, -0.2) is 34.9 Å². The predicted molar refractivity (Wildman–Crippen MR) is 285 cm³/mol. The molecule has 64 heavy (non-hydrogen) atoms. The molecule has 3 N–H and O–H groups in total. The summed E-state index contributed by atoms with van der Waals surface area (Å²) >= 11 is 0. The van der Waals surface area contributed by atoms with Crippen LogP contribution in [0.3, 0.4) is 0 Å². The molecule has 0 saturated heterocycles. The number of allylic oxidation sites excluding steroid dienone is 21. The molecular weight excluding hydrogens is 783 g/mol. The van der Waals surface area contributed by atoms with Gasteiger partial charge in [-0.25, -0.2) is 0 Å². The number of aliphatic hydroxyl groups is 2. The van der Waals surface area contributed by atoms with E-state index >= 15 is 0 Å². The lowest BCUT2D eigenvalue weighted by atomic mass is 10.0. The van der Waals surface area contributed by atoms with Crippen LogP contribution in [0.15, 0.2) is 134 Å². The van der Waals surface area contributed by atoms with E-state index < -0.39 is 12.1 Å². The molecule has 0 saturated carbocycles. The van der Waals surface area contributed by atoms with E-state index in [-0.39, 0.29) is 12.5 Å². The molecule has 4 nitrogen and oxygen atoms in total. The van der Waals surface area contributed by atoms with E-state index in [1.807, 2.05) is 6.08 Å². The Hall–Kier alpha value is -3.47. The summed E-state index contributed by atoms with van der Waals surface area (Å²) in [5.74, 6) is -0.108. The lowest BCUT2D eigenvalue weighted by molar-refractivity contribution is -0.123. The van der Waals surface area contributed by atoms with E-state index in [4.69, 9.17) is 0 Å². The molecule has 4 heteroatoms. The maximum absolute atomic E-state index is 12.4. The highest BCUT2D eigenvalue weighted by Gasteiger charge is 2.17. The van der Waals surface area contributed by atoms with Crippen molar-refractivity contribution >= 4 is 5.91 Å². The van der Waals surface area contributed by atoms with Gasteiger partial charge in [0.2, 0.25) is 5.91 Å². The maximum atomic E-state index is 12.4. The fourth-order valence-electron chi connectivity index (χ4n) is 7.11. The number of amides is 1. The van der Waals surface area contributed by atoms with Gasteiger partial charge in [-0.2, -0.15) is 0 Å². The van der Waals surface area contributed by atoms with Crippen LogP contribution in [0.4, 0.5) is 0 Å². The van der Waals surface area contributed by atoms with Crippen molar-refractivity contribution in [3.63, 3.8) is 0 Å². The minimum atomic E-state index is -0.892. The van der Waals surface area contributed by atoms with Gasteiger partial charge in [0.1, 0.15) is 0 Å². The highest BCUT2D eigenvalue weighted by Crippen LogP contribution is 2.14. The summed E-state index contributed by atoms with van der Waals surface area (Å²) in [6, 6.07) is -0.671. The number of carbonyl (C=O) groups excluding carboxylic acids is 1. The van der Waals surface area contributed by atoms with E-state index in [0.29, 0.717) is 6.42 Å². The minimum Gasteiger partial charge on any atom is -0.394 e. The molecule has 0 aromatic rings. The van der Waals surface area contributed by atoms with Crippen LogP contribution >= 0.6 is 0 Å². The van der Waals surface area contributed by atoms with E-state index in [1.165, 1.54) is 89.9 Å². The van der Waals surface area contributed by atoms with Crippen LogP contribution < -0.4 is 5.32 Å². The lowest BCUT2D eigenvalue weighted by Crippen LogP contribution is -2.45. The Kier molecular flexibility index (Phi) is 50.9. The minimum absolute atomic E-state index is 0.108. The summed E-state index contributed by atoms with van der Waals surface area (Å²) in [5, 5.41) is 23.1. The maximum Gasteiger partial charge on any atom is 0.220 e. The van der Waals surface area contributed by atoms with Crippen molar-refractivity contribution in [1.29, 1.82) is 0 Å². The van der Waals surface area contributed by atoms with E-state index in [0.717, 1.165) is 109 Å². The fourth-order valence-corrected chi connectivity index (χ4v) is 7.11. The number of rotatable bonds is 46. The first-order valence-corrected chi connectivity index (χ1v) is 26.4. The van der Waals surface area contributed by atoms with Gasteiger partial charge in [-0.1, -0.05) is 237 Å². The Labute approximate surface area is 396 Å². The Bertz CT molecular complexity index is 1320. The first-order chi connectivity index (χ1) is 31.7. The molecule has 1 amide bonds. The Morgan fingerprint density at radius 2 is 0.703 bits per heavy atom. The average molecular weight is 882 g/mol. The normalized spacial score (nSPS) is 14.0. The molecule has 0 aromatic carbocycles. The fraction of sp³-hybridized carbons (Fsp3) is 0.617. The zero-order valence-corrected chi connectivity index (χ0v) is 41.5. The van der Waals surface area contributed by atoms with Crippen LogP contribution in [0.5, 0.6) is 0 Å². The van der Waals surface area contributed by atoms with E-state index in [1.54, 1.807) is 6.08 Å². The molecule has 0 rings (SSSR count). The van der Waals surface area contributed by atoms with Crippen molar-refractivity contribution < 1.29 is 15.0 Å². The summed E-state index contributed by atoms with van der Waals surface area (Å²) in [6.45, 7) is 4.16. The highest BCUT2D eigenvalue weighted by molar-refractivity contribution is 5.76. The molecule has 0 aromatic heterocycles. The summed E-state index contributed by atoms with van der Waals surface area (Å²) in [7, 11) is 0. The summed E-state index contributed by atoms with van der Waals surface area (Å²) in [6.07, 6.45) is 84.4. The van der Waals surface area contributed by atoms with Crippen LogP contribution in [0.1, 0.15) is 219 Å². The Morgan fingerprint density at radius 1 is 0.391 bits per heavy atom. The van der Waals surface area contributed by atoms with Gasteiger partial charge in [0.05, 0.1) is 18.8 Å². The van der Waals surface area contributed by atoms with Crippen LogP contribution in [0.25, 0.3) is 0 Å². The summed E-state index contributed by atoms with van der Waals surface area (Å²) in [5.41, 5.74) is 0. The molecule has 0 radical (unpaired) electrons. The molecule has 2 unspecified atom stereocenters. The van der Waals surface area contributed by atoms with Crippen LogP contribution in [-0.2, 0) is 4.79 Å². The van der Waals surface area contributed by atoms with Crippen molar-refractivity contribution in [3.8, 4) is 0 Å². The van der Waals surface area contributed by atoms with Gasteiger partial charge in [0.15, 0.2) is 0 Å². The summed E-state index contributed by atoms with van der Waals surface area (Å²) in [4.78, 5) is 12.4. The molecule has 0 fully saturated rings. The molecule has 362 valence electrons. The molecule has 2 atom stereocenters. The molecule has 0 bridgehead atoms. The van der Waals surface area contributed by atoms with Gasteiger partial charge in [-0.3, -0.25) is 4.79 Å². The second kappa shape index (κ2) is 53.9. The standard InChI is InChI=1S/C60H99NO3/c1-3-5-7-9-11-13-15-17-19-21-23-25-27-28-29-30-31-32-34-36-38-40-42-44-46-48-50-52-54-56-60(64)61-58(57-62)59(63)55-53-51-49-47-45-43-41-39-37-35-33-26-24-22-20-18-16-14-12-10-8-6-4-2/h5,7,11,13,17,19,23,25,28-29,31-32,36-39,42,44-45,47,53,55,58-59,62-63H,3-4,6,8-10,12,14-16,18,20-22,24,26-27,30,33-35,40-41,43,46,48-52,54,56-57H2,1-2H3,(H,61,64)/b7-5-,13-11-,19-17-,25-23-,29-28-,32-31-,38-36-,39-37+,44-42-,47-45+,55-53+. The third-order valence-corrected chi connectivity index (χ3v) is 11.1. The molecule has 0 aliphatic heterocycles. The monoisotopic (exact) mass is 882 g/mol. The van der Waals surface area contributed by atoms with Crippen molar-refractivity contribution in [2.75, 3.05) is 6.61 Å². The largest absolute Gasteiger partial charge is 0.394 e. The number of aliphatic hydroxyl groups excluding tert-OH is 2. The molecule has 0 aliphatic carbocycles. The number of hydrogen-bond acceptors (Lipinski definition) is 3. The van der Waals surface area contributed by atoms with Crippen molar-refractivity contribution in [2.24, 2.45) is 0 Å². The van der Waals surface area contributed by atoms with Gasteiger partial charge in [0.25, 0.3) is 0 Å². The highest BCUT2D eigenvalue weighted by atomic mass is 16.3.